The van der Waals surface area contributed by atoms with Crippen molar-refractivity contribution in [3.63, 3.8) is 0 Å². The fraction of sp³-hybridized carbons (Fsp3) is 0.647. The van der Waals surface area contributed by atoms with Gasteiger partial charge in [0.1, 0.15) is 0 Å². The van der Waals surface area contributed by atoms with Crippen LogP contribution in [0.4, 0.5) is 0 Å². The molecule has 1 spiro atoms. The SMILES string of the molecule is CC1NCC2(CCCCC2)COC1c1ccc(Br)cc1. The van der Waals surface area contributed by atoms with Gasteiger partial charge in [0, 0.05) is 22.5 Å². The van der Waals surface area contributed by atoms with Crippen LogP contribution in [0.15, 0.2) is 28.7 Å². The maximum atomic E-state index is 6.36. The minimum absolute atomic E-state index is 0.171. The van der Waals surface area contributed by atoms with E-state index in [4.69, 9.17) is 4.74 Å². The van der Waals surface area contributed by atoms with Crippen LogP contribution in [-0.2, 0) is 4.74 Å². The molecule has 110 valence electrons. The van der Waals surface area contributed by atoms with Crippen molar-refractivity contribution in [2.75, 3.05) is 13.2 Å². The van der Waals surface area contributed by atoms with Crippen molar-refractivity contribution in [1.82, 2.24) is 5.32 Å². The minimum atomic E-state index is 0.171. The van der Waals surface area contributed by atoms with Crippen LogP contribution >= 0.6 is 15.9 Å². The van der Waals surface area contributed by atoms with Crippen molar-refractivity contribution in [2.24, 2.45) is 5.41 Å². The zero-order valence-electron chi connectivity index (χ0n) is 12.2. The van der Waals surface area contributed by atoms with Crippen molar-refractivity contribution in [1.29, 1.82) is 0 Å². The molecule has 3 heteroatoms. The Kier molecular flexibility index (Phi) is 4.49. The molecule has 1 saturated carbocycles. The Balaban J connectivity index is 1.75. The van der Waals surface area contributed by atoms with Crippen LogP contribution in [0.2, 0.25) is 0 Å². The average Bonchev–Trinajstić information content (AvgIpc) is 2.62. The molecule has 1 saturated heterocycles. The molecule has 1 N–H and O–H groups in total. The first-order valence-corrected chi connectivity index (χ1v) is 8.58. The Morgan fingerprint density at radius 3 is 2.55 bits per heavy atom. The molecular formula is C17H24BrNO. The fourth-order valence-corrected chi connectivity index (χ4v) is 3.87. The molecule has 2 unspecified atom stereocenters. The maximum absolute atomic E-state index is 6.36. The Hall–Kier alpha value is -0.380. The van der Waals surface area contributed by atoms with Gasteiger partial charge in [0.05, 0.1) is 12.7 Å². The third-order valence-corrected chi connectivity index (χ3v) is 5.46. The van der Waals surface area contributed by atoms with Crippen LogP contribution in [0.5, 0.6) is 0 Å². The minimum Gasteiger partial charge on any atom is -0.371 e. The molecule has 0 amide bonds. The predicted octanol–water partition coefficient (Wildman–Crippen LogP) is 4.45. The number of halogens is 1. The Morgan fingerprint density at radius 1 is 1.15 bits per heavy atom. The van der Waals surface area contributed by atoms with Crippen molar-refractivity contribution in [2.45, 2.75) is 51.2 Å². The zero-order chi connectivity index (χ0) is 14.0. The summed E-state index contributed by atoms with van der Waals surface area (Å²) in [5.41, 5.74) is 1.66. The molecule has 2 aliphatic rings. The number of hydrogen-bond donors (Lipinski definition) is 1. The summed E-state index contributed by atoms with van der Waals surface area (Å²) < 4.78 is 7.48. The van der Waals surface area contributed by atoms with E-state index in [0.29, 0.717) is 11.5 Å². The van der Waals surface area contributed by atoms with E-state index in [1.54, 1.807) is 0 Å². The van der Waals surface area contributed by atoms with Crippen molar-refractivity contribution >= 4 is 15.9 Å². The largest absolute Gasteiger partial charge is 0.371 e. The molecule has 1 aromatic carbocycles. The van der Waals surface area contributed by atoms with Gasteiger partial charge < -0.3 is 10.1 Å². The Labute approximate surface area is 130 Å². The molecule has 2 atom stereocenters. The van der Waals surface area contributed by atoms with Crippen LogP contribution in [-0.4, -0.2) is 19.2 Å². The lowest BCUT2D eigenvalue weighted by Crippen LogP contribution is -2.39. The second-order valence-electron chi connectivity index (χ2n) is 6.51. The first-order valence-electron chi connectivity index (χ1n) is 7.79. The van der Waals surface area contributed by atoms with E-state index in [1.165, 1.54) is 37.7 Å². The molecule has 0 radical (unpaired) electrons. The highest BCUT2D eigenvalue weighted by Gasteiger charge is 2.37. The van der Waals surface area contributed by atoms with Gasteiger partial charge in [-0.05, 0) is 37.5 Å². The number of hydrogen-bond acceptors (Lipinski definition) is 2. The molecule has 1 aliphatic heterocycles. The molecule has 0 aromatic heterocycles. The number of ether oxygens (including phenoxy) is 1. The third kappa shape index (κ3) is 3.10. The molecule has 1 aliphatic carbocycles. The smallest absolute Gasteiger partial charge is 0.0975 e. The molecule has 2 nitrogen and oxygen atoms in total. The zero-order valence-corrected chi connectivity index (χ0v) is 13.8. The Morgan fingerprint density at radius 2 is 1.85 bits per heavy atom. The topological polar surface area (TPSA) is 21.3 Å². The van der Waals surface area contributed by atoms with Crippen LogP contribution in [0.1, 0.15) is 50.7 Å². The second-order valence-corrected chi connectivity index (χ2v) is 7.43. The lowest BCUT2D eigenvalue weighted by atomic mass is 9.74. The normalized spacial score (nSPS) is 30.1. The summed E-state index contributed by atoms with van der Waals surface area (Å²) in [6, 6.07) is 8.93. The van der Waals surface area contributed by atoms with Gasteiger partial charge in [-0.3, -0.25) is 0 Å². The summed E-state index contributed by atoms with van der Waals surface area (Å²) in [6.45, 7) is 4.26. The van der Waals surface area contributed by atoms with E-state index < -0.39 is 0 Å². The van der Waals surface area contributed by atoms with E-state index in [-0.39, 0.29) is 6.10 Å². The van der Waals surface area contributed by atoms with Crippen molar-refractivity contribution < 1.29 is 4.74 Å². The molecule has 3 rings (SSSR count). The number of rotatable bonds is 1. The highest BCUT2D eigenvalue weighted by molar-refractivity contribution is 9.10. The average molecular weight is 338 g/mol. The summed E-state index contributed by atoms with van der Waals surface area (Å²) in [5, 5.41) is 3.73. The summed E-state index contributed by atoms with van der Waals surface area (Å²) in [5.74, 6) is 0. The van der Waals surface area contributed by atoms with E-state index in [9.17, 15) is 0 Å². The molecular weight excluding hydrogens is 314 g/mol. The fourth-order valence-electron chi connectivity index (χ4n) is 3.61. The second kappa shape index (κ2) is 6.17. The van der Waals surface area contributed by atoms with E-state index in [2.05, 4.69) is 52.4 Å². The van der Waals surface area contributed by atoms with Crippen molar-refractivity contribution in [3.8, 4) is 0 Å². The highest BCUT2D eigenvalue weighted by atomic mass is 79.9. The Bertz CT molecular complexity index is 439. The molecule has 20 heavy (non-hydrogen) atoms. The van der Waals surface area contributed by atoms with Crippen LogP contribution < -0.4 is 5.32 Å². The summed E-state index contributed by atoms with van der Waals surface area (Å²) >= 11 is 3.50. The summed E-state index contributed by atoms with van der Waals surface area (Å²) in [4.78, 5) is 0. The van der Waals surface area contributed by atoms with E-state index in [0.717, 1.165) is 17.6 Å². The molecule has 0 bridgehead atoms. The quantitative estimate of drug-likeness (QED) is 0.817. The van der Waals surface area contributed by atoms with Crippen LogP contribution in [0.25, 0.3) is 0 Å². The lowest BCUT2D eigenvalue weighted by molar-refractivity contribution is -0.0104. The molecule has 1 aromatic rings. The first-order chi connectivity index (χ1) is 9.69. The summed E-state index contributed by atoms with van der Waals surface area (Å²) in [6.07, 6.45) is 6.93. The number of benzene rings is 1. The van der Waals surface area contributed by atoms with Crippen LogP contribution in [0.3, 0.4) is 0 Å². The molecule has 2 fully saturated rings. The maximum Gasteiger partial charge on any atom is 0.0975 e. The number of nitrogens with one attached hydrogen (secondary N) is 1. The van der Waals surface area contributed by atoms with Gasteiger partial charge in [-0.1, -0.05) is 47.3 Å². The van der Waals surface area contributed by atoms with Gasteiger partial charge in [-0.2, -0.15) is 0 Å². The van der Waals surface area contributed by atoms with Gasteiger partial charge in [-0.15, -0.1) is 0 Å². The van der Waals surface area contributed by atoms with Gasteiger partial charge >= 0.3 is 0 Å². The monoisotopic (exact) mass is 337 g/mol. The van der Waals surface area contributed by atoms with Crippen molar-refractivity contribution in [3.05, 3.63) is 34.3 Å². The van der Waals surface area contributed by atoms with Crippen LogP contribution in [0, 0.1) is 5.41 Å². The van der Waals surface area contributed by atoms with E-state index in [1.807, 2.05) is 0 Å². The van der Waals surface area contributed by atoms with Gasteiger partial charge in [0.15, 0.2) is 0 Å². The highest BCUT2D eigenvalue weighted by Crippen LogP contribution is 2.39. The van der Waals surface area contributed by atoms with Gasteiger partial charge in [0.2, 0.25) is 0 Å². The third-order valence-electron chi connectivity index (χ3n) is 4.93. The standard InChI is InChI=1S/C17H24BrNO/c1-13-16(14-5-7-15(18)8-6-14)20-12-17(11-19-13)9-3-2-4-10-17/h5-8,13,16,19H,2-4,9-12H2,1H3. The predicted molar refractivity (Wildman–Crippen MR) is 85.8 cm³/mol. The first kappa shape index (κ1) is 14.6. The summed E-state index contributed by atoms with van der Waals surface area (Å²) in [7, 11) is 0. The van der Waals surface area contributed by atoms with E-state index >= 15 is 0 Å². The van der Waals surface area contributed by atoms with Gasteiger partial charge in [-0.25, -0.2) is 0 Å². The lowest BCUT2D eigenvalue weighted by Gasteiger charge is -2.35. The molecule has 1 heterocycles. The van der Waals surface area contributed by atoms with Gasteiger partial charge in [0.25, 0.3) is 0 Å².